The van der Waals surface area contributed by atoms with Crippen LogP contribution in [0, 0.1) is 5.82 Å². The van der Waals surface area contributed by atoms with Crippen molar-refractivity contribution in [1.29, 1.82) is 0 Å². The Hall–Kier alpha value is -2.55. The summed E-state index contributed by atoms with van der Waals surface area (Å²) in [5.74, 6) is -0.395. The van der Waals surface area contributed by atoms with Gasteiger partial charge in [-0.1, -0.05) is 17.2 Å². The average molecular weight is 334 g/mol. The SMILES string of the molecule is Nc1nnnn1CC(=O)N(Cc1ccc(F)cc1)CC1CCCO1. The fourth-order valence-electron chi connectivity index (χ4n) is 2.65. The molecule has 2 heterocycles. The van der Waals surface area contributed by atoms with Crippen molar-refractivity contribution in [2.75, 3.05) is 18.9 Å². The van der Waals surface area contributed by atoms with Crippen molar-refractivity contribution in [1.82, 2.24) is 25.1 Å². The van der Waals surface area contributed by atoms with E-state index in [-0.39, 0.29) is 30.3 Å². The maximum atomic E-state index is 13.1. The molecule has 1 aromatic heterocycles. The summed E-state index contributed by atoms with van der Waals surface area (Å²) in [6.07, 6.45) is 1.92. The molecule has 0 aliphatic carbocycles. The summed E-state index contributed by atoms with van der Waals surface area (Å²) in [4.78, 5) is 14.3. The number of nitrogens with zero attached hydrogens (tertiary/aromatic N) is 5. The number of amides is 1. The van der Waals surface area contributed by atoms with Crippen molar-refractivity contribution in [3.63, 3.8) is 0 Å². The Labute approximate surface area is 138 Å². The standard InChI is InChI=1S/C15H19FN6O2/c16-12-5-3-11(4-6-12)8-21(9-13-2-1-7-24-13)14(23)10-22-15(17)18-19-20-22/h3-6,13H,1-2,7-10H2,(H2,17,18,20). The number of tetrazole rings is 1. The Morgan fingerprint density at radius 3 is 2.83 bits per heavy atom. The van der Waals surface area contributed by atoms with Gasteiger partial charge in [0.25, 0.3) is 0 Å². The quantitative estimate of drug-likeness (QED) is 0.830. The van der Waals surface area contributed by atoms with E-state index in [0.717, 1.165) is 18.4 Å². The van der Waals surface area contributed by atoms with Crippen molar-refractivity contribution < 1.29 is 13.9 Å². The van der Waals surface area contributed by atoms with Gasteiger partial charge in [0.2, 0.25) is 11.9 Å². The molecule has 0 saturated carbocycles. The summed E-state index contributed by atoms with van der Waals surface area (Å²) in [6, 6.07) is 6.08. The predicted molar refractivity (Wildman–Crippen MR) is 83.0 cm³/mol. The highest BCUT2D eigenvalue weighted by Crippen LogP contribution is 2.16. The van der Waals surface area contributed by atoms with Crippen LogP contribution in [-0.4, -0.2) is 50.3 Å². The average Bonchev–Trinajstić information content (AvgIpc) is 3.21. The van der Waals surface area contributed by atoms with Gasteiger partial charge in [-0.25, -0.2) is 9.07 Å². The fraction of sp³-hybridized carbons (Fsp3) is 0.467. The summed E-state index contributed by atoms with van der Waals surface area (Å²) in [5, 5.41) is 10.7. The highest BCUT2D eigenvalue weighted by molar-refractivity contribution is 5.76. The lowest BCUT2D eigenvalue weighted by atomic mass is 10.1. The minimum absolute atomic E-state index is 0.0145. The van der Waals surface area contributed by atoms with E-state index in [2.05, 4.69) is 15.5 Å². The van der Waals surface area contributed by atoms with E-state index >= 15 is 0 Å². The molecule has 8 nitrogen and oxygen atoms in total. The molecule has 0 bridgehead atoms. The number of carbonyl (C=O) groups excluding carboxylic acids is 1. The zero-order chi connectivity index (χ0) is 16.9. The second-order valence-corrected chi connectivity index (χ2v) is 5.73. The van der Waals surface area contributed by atoms with Crippen LogP contribution in [0.15, 0.2) is 24.3 Å². The van der Waals surface area contributed by atoms with Gasteiger partial charge < -0.3 is 15.4 Å². The number of nitrogen functional groups attached to an aromatic ring is 1. The lowest BCUT2D eigenvalue weighted by molar-refractivity contribution is -0.134. The fourth-order valence-corrected chi connectivity index (χ4v) is 2.65. The largest absolute Gasteiger partial charge is 0.376 e. The number of halogens is 1. The lowest BCUT2D eigenvalue weighted by Crippen LogP contribution is -2.39. The molecule has 1 aromatic carbocycles. The number of rotatable bonds is 6. The van der Waals surface area contributed by atoms with Crippen LogP contribution in [0.4, 0.5) is 10.3 Å². The molecule has 1 saturated heterocycles. The van der Waals surface area contributed by atoms with E-state index in [1.165, 1.54) is 16.8 Å². The van der Waals surface area contributed by atoms with Crippen LogP contribution in [0.5, 0.6) is 0 Å². The van der Waals surface area contributed by atoms with Gasteiger partial charge in [-0.05, 0) is 41.0 Å². The number of benzene rings is 1. The van der Waals surface area contributed by atoms with Crippen molar-refractivity contribution in [2.24, 2.45) is 0 Å². The van der Waals surface area contributed by atoms with E-state index in [1.54, 1.807) is 17.0 Å². The minimum atomic E-state index is -0.308. The van der Waals surface area contributed by atoms with Gasteiger partial charge in [-0.2, -0.15) is 0 Å². The van der Waals surface area contributed by atoms with E-state index in [1.807, 2.05) is 0 Å². The number of hydrogen-bond acceptors (Lipinski definition) is 6. The number of carbonyl (C=O) groups is 1. The molecule has 1 atom stereocenters. The molecule has 0 radical (unpaired) electrons. The summed E-state index contributed by atoms with van der Waals surface area (Å²) in [5.41, 5.74) is 6.45. The topological polar surface area (TPSA) is 99.2 Å². The van der Waals surface area contributed by atoms with Gasteiger partial charge in [0, 0.05) is 19.7 Å². The van der Waals surface area contributed by atoms with E-state index < -0.39 is 0 Å². The molecule has 2 N–H and O–H groups in total. The van der Waals surface area contributed by atoms with Crippen molar-refractivity contribution >= 4 is 11.9 Å². The number of nitrogens with two attached hydrogens (primary N) is 1. The van der Waals surface area contributed by atoms with E-state index in [0.29, 0.717) is 19.7 Å². The van der Waals surface area contributed by atoms with Crippen molar-refractivity contribution in [3.05, 3.63) is 35.6 Å². The Morgan fingerprint density at radius 2 is 2.21 bits per heavy atom. The van der Waals surface area contributed by atoms with E-state index in [4.69, 9.17) is 10.5 Å². The normalized spacial score (nSPS) is 17.1. The Morgan fingerprint density at radius 1 is 1.42 bits per heavy atom. The number of hydrogen-bond donors (Lipinski definition) is 1. The van der Waals surface area contributed by atoms with Crippen LogP contribution < -0.4 is 5.73 Å². The molecular formula is C15H19FN6O2. The lowest BCUT2D eigenvalue weighted by Gasteiger charge is -2.25. The summed E-state index contributed by atoms with van der Waals surface area (Å²) >= 11 is 0. The van der Waals surface area contributed by atoms with Crippen LogP contribution in [0.3, 0.4) is 0 Å². The maximum absolute atomic E-state index is 13.1. The molecule has 1 aliphatic heterocycles. The number of anilines is 1. The zero-order valence-electron chi connectivity index (χ0n) is 13.1. The van der Waals surface area contributed by atoms with Gasteiger partial charge in [0.05, 0.1) is 6.10 Å². The molecule has 2 aromatic rings. The smallest absolute Gasteiger partial charge is 0.244 e. The Kier molecular flexibility index (Phi) is 4.99. The van der Waals surface area contributed by atoms with E-state index in [9.17, 15) is 9.18 Å². The van der Waals surface area contributed by atoms with Crippen LogP contribution >= 0.6 is 0 Å². The van der Waals surface area contributed by atoms with Crippen LogP contribution in [-0.2, 0) is 22.6 Å². The number of ether oxygens (including phenoxy) is 1. The molecule has 128 valence electrons. The first-order valence-electron chi connectivity index (χ1n) is 7.77. The van der Waals surface area contributed by atoms with Gasteiger partial charge in [-0.15, -0.1) is 0 Å². The predicted octanol–water partition coefficient (Wildman–Crippen LogP) is 0.602. The highest BCUT2D eigenvalue weighted by atomic mass is 19.1. The first-order valence-corrected chi connectivity index (χ1v) is 7.77. The van der Waals surface area contributed by atoms with Gasteiger partial charge in [0.15, 0.2) is 0 Å². The van der Waals surface area contributed by atoms with Crippen LogP contribution in [0.1, 0.15) is 18.4 Å². The molecule has 1 unspecified atom stereocenters. The Bertz CT molecular complexity index is 684. The third kappa shape index (κ3) is 4.05. The molecular weight excluding hydrogens is 315 g/mol. The van der Waals surface area contributed by atoms with Crippen molar-refractivity contribution in [3.8, 4) is 0 Å². The molecule has 9 heteroatoms. The van der Waals surface area contributed by atoms with Gasteiger partial charge in [0.1, 0.15) is 12.4 Å². The molecule has 1 amide bonds. The maximum Gasteiger partial charge on any atom is 0.244 e. The highest BCUT2D eigenvalue weighted by Gasteiger charge is 2.23. The first kappa shape index (κ1) is 16.3. The van der Waals surface area contributed by atoms with Crippen LogP contribution in [0.2, 0.25) is 0 Å². The molecule has 1 fully saturated rings. The molecule has 24 heavy (non-hydrogen) atoms. The Balaban J connectivity index is 1.71. The van der Waals surface area contributed by atoms with Gasteiger partial charge >= 0.3 is 0 Å². The van der Waals surface area contributed by atoms with Gasteiger partial charge in [-0.3, -0.25) is 4.79 Å². The number of aromatic nitrogens is 4. The second kappa shape index (κ2) is 7.35. The first-order chi connectivity index (χ1) is 11.6. The monoisotopic (exact) mass is 334 g/mol. The third-order valence-electron chi connectivity index (χ3n) is 3.93. The minimum Gasteiger partial charge on any atom is -0.376 e. The summed E-state index contributed by atoms with van der Waals surface area (Å²) in [7, 11) is 0. The van der Waals surface area contributed by atoms with Crippen LogP contribution in [0.25, 0.3) is 0 Å². The summed E-state index contributed by atoms with van der Waals surface area (Å²) in [6.45, 7) is 1.50. The molecule has 3 rings (SSSR count). The molecule has 1 aliphatic rings. The molecule has 0 spiro atoms. The van der Waals surface area contributed by atoms with Crippen molar-refractivity contribution in [2.45, 2.75) is 32.0 Å². The summed E-state index contributed by atoms with van der Waals surface area (Å²) < 4.78 is 19.9. The second-order valence-electron chi connectivity index (χ2n) is 5.73. The zero-order valence-corrected chi connectivity index (χ0v) is 13.1. The third-order valence-corrected chi connectivity index (χ3v) is 3.93.